The van der Waals surface area contributed by atoms with E-state index in [0.29, 0.717) is 17.7 Å². The monoisotopic (exact) mass is 280 g/mol. The molecular weight excluding hydrogens is 255 g/mol. The first kappa shape index (κ1) is 14.9. The number of nitrogen functional groups attached to an aromatic ring is 1. The Hall–Kier alpha value is -1.45. The molecule has 0 unspecified atom stereocenters. The van der Waals surface area contributed by atoms with Crippen molar-refractivity contribution in [3.8, 4) is 5.75 Å². The second-order valence-electron chi connectivity index (χ2n) is 5.82. The summed E-state index contributed by atoms with van der Waals surface area (Å²) in [5.41, 5.74) is 7.54. The molecule has 1 aromatic carbocycles. The standard InChI is InChI=1S/C16H25FN2O/c1-3-5-16(6-7-16)11-19-14-10-15(20-8-4-2)12(17)9-13(14)18/h9-10,19H,3-8,11,18H2,1-2H3. The normalized spacial score (nSPS) is 15.9. The van der Waals surface area contributed by atoms with Gasteiger partial charge >= 0.3 is 0 Å². The van der Waals surface area contributed by atoms with Crippen molar-refractivity contribution in [2.24, 2.45) is 5.41 Å². The van der Waals surface area contributed by atoms with Gasteiger partial charge in [-0.3, -0.25) is 0 Å². The van der Waals surface area contributed by atoms with Crippen molar-refractivity contribution < 1.29 is 9.13 Å². The maximum absolute atomic E-state index is 13.7. The molecule has 1 aliphatic carbocycles. The molecule has 1 saturated carbocycles. The van der Waals surface area contributed by atoms with Crippen molar-refractivity contribution in [1.29, 1.82) is 0 Å². The van der Waals surface area contributed by atoms with E-state index in [2.05, 4.69) is 12.2 Å². The molecule has 1 fully saturated rings. The van der Waals surface area contributed by atoms with Gasteiger partial charge in [-0.1, -0.05) is 20.3 Å². The third-order valence-corrected chi connectivity index (χ3v) is 3.96. The summed E-state index contributed by atoms with van der Waals surface area (Å²) < 4.78 is 19.1. The minimum absolute atomic E-state index is 0.281. The third-order valence-electron chi connectivity index (χ3n) is 3.96. The maximum atomic E-state index is 13.7. The Morgan fingerprint density at radius 2 is 2.05 bits per heavy atom. The van der Waals surface area contributed by atoms with E-state index in [-0.39, 0.29) is 5.75 Å². The van der Waals surface area contributed by atoms with Gasteiger partial charge in [0.05, 0.1) is 18.0 Å². The van der Waals surface area contributed by atoms with E-state index in [1.807, 2.05) is 6.92 Å². The Morgan fingerprint density at radius 3 is 2.65 bits per heavy atom. The summed E-state index contributed by atoms with van der Waals surface area (Å²) in [7, 11) is 0. The second-order valence-corrected chi connectivity index (χ2v) is 5.82. The van der Waals surface area contributed by atoms with E-state index in [0.717, 1.165) is 18.7 Å². The number of rotatable bonds is 8. The van der Waals surface area contributed by atoms with Gasteiger partial charge < -0.3 is 15.8 Å². The Bertz CT molecular complexity index is 458. The van der Waals surface area contributed by atoms with Crippen LogP contribution in [0.15, 0.2) is 12.1 Å². The Kier molecular flexibility index (Phi) is 4.73. The van der Waals surface area contributed by atoms with Crippen LogP contribution in [0.3, 0.4) is 0 Å². The first-order valence-electron chi connectivity index (χ1n) is 7.56. The molecule has 4 heteroatoms. The summed E-state index contributed by atoms with van der Waals surface area (Å²) in [6.45, 7) is 5.63. The highest BCUT2D eigenvalue weighted by molar-refractivity contribution is 5.68. The van der Waals surface area contributed by atoms with Crippen molar-refractivity contribution in [2.75, 3.05) is 24.2 Å². The van der Waals surface area contributed by atoms with E-state index < -0.39 is 5.82 Å². The van der Waals surface area contributed by atoms with Crippen molar-refractivity contribution in [1.82, 2.24) is 0 Å². The molecule has 2 rings (SSSR count). The molecule has 3 N–H and O–H groups in total. The number of nitrogens with two attached hydrogens (primary N) is 1. The highest BCUT2D eigenvalue weighted by Gasteiger charge is 2.41. The smallest absolute Gasteiger partial charge is 0.167 e. The van der Waals surface area contributed by atoms with Crippen LogP contribution in [0.1, 0.15) is 46.0 Å². The van der Waals surface area contributed by atoms with Crippen LogP contribution in [0.4, 0.5) is 15.8 Å². The number of anilines is 2. The van der Waals surface area contributed by atoms with E-state index in [1.165, 1.54) is 31.7 Å². The fraction of sp³-hybridized carbons (Fsp3) is 0.625. The molecule has 0 aliphatic heterocycles. The van der Waals surface area contributed by atoms with Crippen molar-refractivity contribution >= 4 is 11.4 Å². The lowest BCUT2D eigenvalue weighted by Crippen LogP contribution is -2.16. The summed E-state index contributed by atoms with van der Waals surface area (Å²) in [6, 6.07) is 3.02. The lowest BCUT2D eigenvalue weighted by Gasteiger charge is -2.18. The van der Waals surface area contributed by atoms with Gasteiger partial charge in [0.2, 0.25) is 0 Å². The van der Waals surface area contributed by atoms with Gasteiger partial charge in [-0.05, 0) is 31.1 Å². The minimum Gasteiger partial charge on any atom is -0.490 e. The predicted molar refractivity (Wildman–Crippen MR) is 81.7 cm³/mol. The van der Waals surface area contributed by atoms with Gasteiger partial charge in [0.15, 0.2) is 11.6 Å². The Balaban J connectivity index is 2.03. The number of hydrogen-bond acceptors (Lipinski definition) is 3. The average molecular weight is 280 g/mol. The third kappa shape index (κ3) is 3.56. The molecule has 1 aromatic rings. The second kappa shape index (κ2) is 6.33. The quantitative estimate of drug-likeness (QED) is 0.702. The van der Waals surface area contributed by atoms with Crippen LogP contribution in [0.5, 0.6) is 5.75 Å². The van der Waals surface area contributed by atoms with E-state index in [9.17, 15) is 4.39 Å². The van der Waals surface area contributed by atoms with Crippen molar-refractivity contribution in [3.63, 3.8) is 0 Å². The van der Waals surface area contributed by atoms with Gasteiger partial charge in [0.25, 0.3) is 0 Å². The lowest BCUT2D eigenvalue weighted by molar-refractivity contribution is 0.301. The summed E-state index contributed by atoms with van der Waals surface area (Å²) in [6.07, 6.45) is 5.83. The summed E-state index contributed by atoms with van der Waals surface area (Å²) >= 11 is 0. The maximum Gasteiger partial charge on any atom is 0.167 e. The van der Waals surface area contributed by atoms with Gasteiger partial charge in [0, 0.05) is 18.7 Å². The van der Waals surface area contributed by atoms with Crippen LogP contribution < -0.4 is 15.8 Å². The zero-order valence-corrected chi connectivity index (χ0v) is 12.5. The van der Waals surface area contributed by atoms with Crippen LogP contribution in [0.25, 0.3) is 0 Å². The molecule has 0 atom stereocenters. The van der Waals surface area contributed by atoms with Crippen LogP contribution in [-0.2, 0) is 0 Å². The summed E-state index contributed by atoms with van der Waals surface area (Å²) in [5, 5.41) is 3.37. The zero-order chi connectivity index (χ0) is 14.6. The molecule has 0 saturated heterocycles. The Labute approximate surface area is 120 Å². The number of ether oxygens (including phenoxy) is 1. The first-order valence-corrected chi connectivity index (χ1v) is 7.56. The molecule has 3 nitrogen and oxygen atoms in total. The molecule has 112 valence electrons. The highest BCUT2D eigenvalue weighted by atomic mass is 19.1. The first-order chi connectivity index (χ1) is 9.60. The molecule has 1 aliphatic rings. The number of hydrogen-bond donors (Lipinski definition) is 2. The number of benzene rings is 1. The number of halogens is 1. The molecule has 0 bridgehead atoms. The van der Waals surface area contributed by atoms with Crippen LogP contribution in [-0.4, -0.2) is 13.2 Å². The zero-order valence-electron chi connectivity index (χ0n) is 12.5. The van der Waals surface area contributed by atoms with Gasteiger partial charge in [-0.2, -0.15) is 0 Å². The SMILES string of the molecule is CCCOc1cc(NCC2(CCC)CC2)c(N)cc1F. The van der Waals surface area contributed by atoms with Gasteiger partial charge in [-0.25, -0.2) is 4.39 Å². The average Bonchev–Trinajstić information content (AvgIpc) is 3.17. The highest BCUT2D eigenvalue weighted by Crippen LogP contribution is 2.49. The summed E-state index contributed by atoms with van der Waals surface area (Å²) in [4.78, 5) is 0. The van der Waals surface area contributed by atoms with E-state index in [1.54, 1.807) is 6.07 Å². The van der Waals surface area contributed by atoms with E-state index >= 15 is 0 Å². The fourth-order valence-corrected chi connectivity index (χ4v) is 2.55. The summed E-state index contributed by atoms with van der Waals surface area (Å²) in [5.74, 6) is -0.111. The van der Waals surface area contributed by atoms with Gasteiger partial charge in [-0.15, -0.1) is 0 Å². The van der Waals surface area contributed by atoms with E-state index in [4.69, 9.17) is 10.5 Å². The molecule has 0 amide bonds. The fourth-order valence-electron chi connectivity index (χ4n) is 2.55. The molecular formula is C16H25FN2O. The van der Waals surface area contributed by atoms with Crippen molar-refractivity contribution in [3.05, 3.63) is 17.9 Å². The van der Waals surface area contributed by atoms with Crippen LogP contribution in [0, 0.1) is 11.2 Å². The van der Waals surface area contributed by atoms with Crippen LogP contribution in [0.2, 0.25) is 0 Å². The largest absolute Gasteiger partial charge is 0.490 e. The molecule has 0 radical (unpaired) electrons. The number of nitrogens with one attached hydrogen (secondary N) is 1. The predicted octanol–water partition coefficient (Wildman–Crippen LogP) is 4.19. The van der Waals surface area contributed by atoms with Crippen LogP contribution >= 0.6 is 0 Å². The van der Waals surface area contributed by atoms with Crippen molar-refractivity contribution in [2.45, 2.75) is 46.0 Å². The van der Waals surface area contributed by atoms with Gasteiger partial charge in [0.1, 0.15) is 0 Å². The molecule has 0 spiro atoms. The minimum atomic E-state index is -0.392. The topological polar surface area (TPSA) is 47.3 Å². The lowest BCUT2D eigenvalue weighted by atomic mass is 10.0. The molecule has 0 aromatic heterocycles. The Morgan fingerprint density at radius 1 is 1.30 bits per heavy atom. The molecule has 20 heavy (non-hydrogen) atoms. The molecule has 0 heterocycles.